The van der Waals surface area contributed by atoms with E-state index in [1.54, 1.807) is 12.4 Å². The second-order valence-electron chi connectivity index (χ2n) is 6.82. The van der Waals surface area contributed by atoms with Crippen molar-refractivity contribution in [3.8, 4) is 0 Å². The Morgan fingerprint density at radius 3 is 2.56 bits per heavy atom. The summed E-state index contributed by atoms with van der Waals surface area (Å²) in [6.07, 6.45) is 7.79. The van der Waals surface area contributed by atoms with Crippen molar-refractivity contribution in [2.24, 2.45) is 0 Å². The third-order valence-corrected chi connectivity index (χ3v) is 4.75. The summed E-state index contributed by atoms with van der Waals surface area (Å²) in [5, 5.41) is 5.91. The SMILES string of the molecule is O=C(Nc1cnc(C2CC2)nc1)N[C@@H]1CCCN(c2ccccc2)C1. The summed E-state index contributed by atoms with van der Waals surface area (Å²) in [7, 11) is 0. The van der Waals surface area contributed by atoms with Gasteiger partial charge in [-0.3, -0.25) is 0 Å². The quantitative estimate of drug-likeness (QED) is 0.899. The normalized spacial score (nSPS) is 20.2. The molecule has 25 heavy (non-hydrogen) atoms. The van der Waals surface area contributed by atoms with Crippen molar-refractivity contribution in [2.75, 3.05) is 23.3 Å². The fourth-order valence-electron chi connectivity index (χ4n) is 3.28. The highest BCUT2D eigenvalue weighted by Crippen LogP contribution is 2.37. The molecule has 1 aliphatic heterocycles. The molecule has 130 valence electrons. The van der Waals surface area contributed by atoms with E-state index in [0.29, 0.717) is 11.6 Å². The Morgan fingerprint density at radius 2 is 1.84 bits per heavy atom. The molecule has 4 rings (SSSR count). The first kappa shape index (κ1) is 15.9. The molecule has 1 aliphatic carbocycles. The Labute approximate surface area is 147 Å². The lowest BCUT2D eigenvalue weighted by atomic mass is 10.1. The van der Waals surface area contributed by atoms with Gasteiger partial charge in [-0.25, -0.2) is 14.8 Å². The molecule has 2 heterocycles. The van der Waals surface area contributed by atoms with Crippen LogP contribution in [0, 0.1) is 0 Å². The minimum absolute atomic E-state index is 0.139. The molecule has 2 N–H and O–H groups in total. The molecule has 0 spiro atoms. The zero-order chi connectivity index (χ0) is 17.1. The predicted molar refractivity (Wildman–Crippen MR) is 97.8 cm³/mol. The number of carbonyl (C=O) groups excluding carboxylic acids is 1. The largest absolute Gasteiger partial charge is 0.369 e. The molecule has 2 aliphatic rings. The first-order valence-corrected chi connectivity index (χ1v) is 8.97. The maximum atomic E-state index is 12.3. The molecule has 1 saturated heterocycles. The molecule has 0 bridgehead atoms. The molecule has 1 aromatic carbocycles. The van der Waals surface area contributed by atoms with Crippen LogP contribution in [-0.2, 0) is 0 Å². The molecule has 1 aromatic heterocycles. The fraction of sp³-hybridized carbons (Fsp3) is 0.421. The Bertz CT molecular complexity index is 714. The number of hydrogen-bond donors (Lipinski definition) is 2. The standard InChI is InChI=1S/C19H23N5O/c25-19(23-16-11-20-18(21-12-16)14-8-9-14)22-15-5-4-10-24(13-15)17-6-2-1-3-7-17/h1-3,6-7,11-12,14-15H,4-5,8-10,13H2,(H2,22,23,25)/t15-/m1/s1. The maximum absolute atomic E-state index is 12.3. The molecule has 0 unspecified atom stereocenters. The molecule has 6 heteroatoms. The van der Waals surface area contributed by atoms with E-state index in [1.807, 2.05) is 18.2 Å². The van der Waals surface area contributed by atoms with E-state index in [1.165, 1.54) is 18.5 Å². The Morgan fingerprint density at radius 1 is 1.08 bits per heavy atom. The minimum atomic E-state index is -0.192. The predicted octanol–water partition coefficient (Wildman–Crippen LogP) is 3.14. The van der Waals surface area contributed by atoms with Crippen molar-refractivity contribution >= 4 is 17.4 Å². The van der Waals surface area contributed by atoms with Gasteiger partial charge in [-0.2, -0.15) is 0 Å². The highest BCUT2D eigenvalue weighted by molar-refractivity contribution is 5.89. The number of hydrogen-bond acceptors (Lipinski definition) is 4. The average Bonchev–Trinajstić information content (AvgIpc) is 3.48. The molecule has 2 fully saturated rings. The number of rotatable bonds is 4. The summed E-state index contributed by atoms with van der Waals surface area (Å²) in [4.78, 5) is 23.2. The van der Waals surface area contributed by atoms with Gasteiger partial charge >= 0.3 is 6.03 Å². The summed E-state index contributed by atoms with van der Waals surface area (Å²) in [6.45, 7) is 1.86. The number of piperidine rings is 1. The number of nitrogens with zero attached hydrogens (tertiary/aromatic N) is 3. The van der Waals surface area contributed by atoms with Gasteiger partial charge in [0.25, 0.3) is 0 Å². The highest BCUT2D eigenvalue weighted by atomic mass is 16.2. The van der Waals surface area contributed by atoms with Gasteiger partial charge in [0.05, 0.1) is 18.1 Å². The van der Waals surface area contributed by atoms with Crippen LogP contribution in [0.1, 0.15) is 37.4 Å². The molecule has 0 radical (unpaired) electrons. The van der Waals surface area contributed by atoms with Gasteiger partial charge < -0.3 is 15.5 Å². The van der Waals surface area contributed by atoms with E-state index in [4.69, 9.17) is 0 Å². The Kier molecular flexibility index (Phi) is 4.50. The third kappa shape index (κ3) is 4.07. The number of anilines is 2. The number of nitrogens with one attached hydrogen (secondary N) is 2. The van der Waals surface area contributed by atoms with Crippen LogP contribution in [0.2, 0.25) is 0 Å². The number of urea groups is 1. The lowest BCUT2D eigenvalue weighted by Crippen LogP contribution is -2.49. The van der Waals surface area contributed by atoms with Gasteiger partial charge in [-0.05, 0) is 37.8 Å². The topological polar surface area (TPSA) is 70.1 Å². The van der Waals surface area contributed by atoms with Crippen LogP contribution < -0.4 is 15.5 Å². The van der Waals surface area contributed by atoms with Crippen LogP contribution >= 0.6 is 0 Å². The molecular formula is C19H23N5O. The lowest BCUT2D eigenvalue weighted by molar-refractivity contribution is 0.246. The van der Waals surface area contributed by atoms with E-state index in [0.717, 1.165) is 31.8 Å². The van der Waals surface area contributed by atoms with E-state index in [2.05, 4.69) is 37.6 Å². The van der Waals surface area contributed by atoms with Crippen molar-refractivity contribution in [1.82, 2.24) is 15.3 Å². The molecule has 1 saturated carbocycles. The summed E-state index contributed by atoms with van der Waals surface area (Å²) in [5.41, 5.74) is 1.84. The number of amides is 2. The second kappa shape index (κ2) is 7.09. The summed E-state index contributed by atoms with van der Waals surface area (Å²) in [5.74, 6) is 1.41. The average molecular weight is 337 g/mol. The smallest absolute Gasteiger partial charge is 0.319 e. The fourth-order valence-corrected chi connectivity index (χ4v) is 3.28. The minimum Gasteiger partial charge on any atom is -0.369 e. The van der Waals surface area contributed by atoms with Crippen LogP contribution in [0.15, 0.2) is 42.7 Å². The third-order valence-electron chi connectivity index (χ3n) is 4.75. The number of carbonyl (C=O) groups is 1. The Hall–Kier alpha value is -2.63. The summed E-state index contributed by atoms with van der Waals surface area (Å²) >= 11 is 0. The number of benzene rings is 1. The van der Waals surface area contributed by atoms with Crippen molar-refractivity contribution < 1.29 is 4.79 Å². The van der Waals surface area contributed by atoms with E-state index < -0.39 is 0 Å². The van der Waals surface area contributed by atoms with Gasteiger partial charge in [-0.1, -0.05) is 18.2 Å². The molecule has 1 atom stereocenters. The lowest BCUT2D eigenvalue weighted by Gasteiger charge is -2.34. The van der Waals surface area contributed by atoms with Crippen molar-refractivity contribution in [1.29, 1.82) is 0 Å². The highest BCUT2D eigenvalue weighted by Gasteiger charge is 2.26. The maximum Gasteiger partial charge on any atom is 0.319 e. The summed E-state index contributed by atoms with van der Waals surface area (Å²) < 4.78 is 0. The van der Waals surface area contributed by atoms with Crippen molar-refractivity contribution in [2.45, 2.75) is 37.6 Å². The molecule has 2 aromatic rings. The first-order chi connectivity index (χ1) is 12.3. The van der Waals surface area contributed by atoms with Gasteiger partial charge in [0.2, 0.25) is 0 Å². The van der Waals surface area contributed by atoms with Crippen LogP contribution in [0.5, 0.6) is 0 Å². The van der Waals surface area contributed by atoms with Crippen molar-refractivity contribution in [3.05, 3.63) is 48.5 Å². The molecular weight excluding hydrogens is 314 g/mol. The van der Waals surface area contributed by atoms with Gasteiger partial charge in [0, 0.05) is 30.7 Å². The van der Waals surface area contributed by atoms with Crippen LogP contribution in [0.4, 0.5) is 16.2 Å². The summed E-state index contributed by atoms with van der Waals surface area (Å²) in [6, 6.07) is 10.3. The van der Waals surface area contributed by atoms with Crippen LogP contribution in [-0.4, -0.2) is 35.1 Å². The van der Waals surface area contributed by atoms with Crippen molar-refractivity contribution in [3.63, 3.8) is 0 Å². The molecule has 6 nitrogen and oxygen atoms in total. The monoisotopic (exact) mass is 337 g/mol. The van der Waals surface area contributed by atoms with Gasteiger partial charge in [0.15, 0.2) is 0 Å². The van der Waals surface area contributed by atoms with E-state index >= 15 is 0 Å². The van der Waals surface area contributed by atoms with E-state index in [-0.39, 0.29) is 12.1 Å². The zero-order valence-electron chi connectivity index (χ0n) is 14.2. The number of aromatic nitrogens is 2. The first-order valence-electron chi connectivity index (χ1n) is 8.97. The number of para-hydroxylation sites is 1. The molecule has 2 amide bonds. The van der Waals surface area contributed by atoms with E-state index in [9.17, 15) is 4.79 Å². The zero-order valence-corrected chi connectivity index (χ0v) is 14.2. The van der Waals surface area contributed by atoms with Gasteiger partial charge in [0.1, 0.15) is 5.82 Å². The second-order valence-corrected chi connectivity index (χ2v) is 6.82. The van der Waals surface area contributed by atoms with Crippen LogP contribution in [0.3, 0.4) is 0 Å². The van der Waals surface area contributed by atoms with Gasteiger partial charge in [-0.15, -0.1) is 0 Å². The van der Waals surface area contributed by atoms with Crippen LogP contribution in [0.25, 0.3) is 0 Å². The Balaban J connectivity index is 1.31.